The summed E-state index contributed by atoms with van der Waals surface area (Å²) in [7, 11) is 2.07. The van der Waals surface area contributed by atoms with E-state index in [0.717, 1.165) is 31.6 Å². The molecule has 1 atom stereocenters. The highest BCUT2D eigenvalue weighted by Crippen LogP contribution is 2.22. The molecule has 0 bridgehead atoms. The zero-order valence-electron chi connectivity index (χ0n) is 15.9. The molecule has 148 valence electrons. The van der Waals surface area contributed by atoms with Crippen molar-refractivity contribution in [2.75, 3.05) is 31.6 Å². The van der Waals surface area contributed by atoms with Crippen molar-refractivity contribution in [3.63, 3.8) is 0 Å². The summed E-state index contributed by atoms with van der Waals surface area (Å²) >= 11 is 0. The zero-order chi connectivity index (χ0) is 17.6. The molecule has 4 nitrogen and oxygen atoms in total. The molecule has 3 rings (SSSR count). The largest absolute Gasteiger partial charge is 0.375 e. The summed E-state index contributed by atoms with van der Waals surface area (Å²) in [5.41, 5.74) is 4.52. The van der Waals surface area contributed by atoms with Crippen molar-refractivity contribution in [3.8, 4) is 0 Å². The third kappa shape index (κ3) is 5.86. The summed E-state index contributed by atoms with van der Waals surface area (Å²) in [4.78, 5) is 14.7. The second-order valence-corrected chi connectivity index (χ2v) is 6.63. The standard InChI is InChI=1S/C21H27N3O.2ClH/c1-3-14-24(2)18-10-8-17(9-11-18)21(25)23-15-20-19-7-5-4-6-16(19)12-13-22-20;;/h4-11,20,22H,3,12-15H2,1-2H3,(H,23,25);2*1H. The maximum Gasteiger partial charge on any atom is 0.251 e. The average molecular weight is 410 g/mol. The summed E-state index contributed by atoms with van der Waals surface area (Å²) in [5, 5.41) is 6.57. The quantitative estimate of drug-likeness (QED) is 0.757. The van der Waals surface area contributed by atoms with Crippen molar-refractivity contribution >= 4 is 36.4 Å². The zero-order valence-corrected chi connectivity index (χ0v) is 17.5. The van der Waals surface area contributed by atoms with E-state index in [1.165, 1.54) is 11.1 Å². The molecule has 0 radical (unpaired) electrons. The van der Waals surface area contributed by atoms with Crippen LogP contribution in [0.25, 0.3) is 0 Å². The van der Waals surface area contributed by atoms with Gasteiger partial charge in [0.1, 0.15) is 0 Å². The van der Waals surface area contributed by atoms with Gasteiger partial charge in [-0.1, -0.05) is 31.2 Å². The molecule has 0 saturated heterocycles. The molecule has 1 aliphatic rings. The summed E-state index contributed by atoms with van der Waals surface area (Å²) in [5.74, 6) is -0.0189. The molecular formula is C21H29Cl2N3O. The van der Waals surface area contributed by atoms with E-state index in [-0.39, 0.29) is 36.8 Å². The number of hydrogen-bond donors (Lipinski definition) is 2. The van der Waals surface area contributed by atoms with Crippen LogP contribution in [0.2, 0.25) is 0 Å². The monoisotopic (exact) mass is 409 g/mol. The van der Waals surface area contributed by atoms with Crippen molar-refractivity contribution in [2.24, 2.45) is 0 Å². The van der Waals surface area contributed by atoms with E-state index in [0.29, 0.717) is 12.1 Å². The Kier molecular flexibility index (Phi) is 9.64. The normalized spacial score (nSPS) is 15.0. The number of nitrogens with one attached hydrogen (secondary N) is 2. The van der Waals surface area contributed by atoms with Crippen LogP contribution in [-0.2, 0) is 6.42 Å². The van der Waals surface area contributed by atoms with Crippen molar-refractivity contribution in [3.05, 3.63) is 65.2 Å². The number of fused-ring (bicyclic) bond motifs is 1. The highest BCUT2D eigenvalue weighted by molar-refractivity contribution is 5.94. The topological polar surface area (TPSA) is 44.4 Å². The molecule has 27 heavy (non-hydrogen) atoms. The first-order valence-corrected chi connectivity index (χ1v) is 9.09. The van der Waals surface area contributed by atoms with Gasteiger partial charge in [-0.15, -0.1) is 24.8 Å². The minimum atomic E-state index is -0.0189. The van der Waals surface area contributed by atoms with Gasteiger partial charge in [0.05, 0.1) is 0 Å². The Hall–Kier alpha value is -1.75. The van der Waals surface area contributed by atoms with Crippen molar-refractivity contribution in [1.29, 1.82) is 0 Å². The molecule has 0 saturated carbocycles. The average Bonchev–Trinajstić information content (AvgIpc) is 2.66. The lowest BCUT2D eigenvalue weighted by Gasteiger charge is -2.27. The van der Waals surface area contributed by atoms with Crippen LogP contribution in [0, 0.1) is 0 Å². The van der Waals surface area contributed by atoms with Gasteiger partial charge in [0.2, 0.25) is 0 Å². The second kappa shape index (κ2) is 11.2. The van der Waals surface area contributed by atoms with Gasteiger partial charge in [-0.25, -0.2) is 0 Å². The van der Waals surface area contributed by atoms with Crippen molar-refractivity contribution in [2.45, 2.75) is 25.8 Å². The fraction of sp³-hybridized carbons (Fsp3) is 0.381. The van der Waals surface area contributed by atoms with Crippen LogP contribution in [0.3, 0.4) is 0 Å². The Morgan fingerprint density at radius 1 is 1.15 bits per heavy atom. The van der Waals surface area contributed by atoms with Crippen molar-refractivity contribution in [1.82, 2.24) is 10.6 Å². The molecule has 0 fully saturated rings. The van der Waals surface area contributed by atoms with Gasteiger partial charge in [-0.2, -0.15) is 0 Å². The number of carbonyl (C=O) groups is 1. The van der Waals surface area contributed by atoms with Crippen molar-refractivity contribution < 1.29 is 4.79 Å². The van der Waals surface area contributed by atoms with Crippen LogP contribution >= 0.6 is 24.8 Å². The first-order chi connectivity index (χ1) is 12.2. The Bertz CT molecular complexity index is 722. The summed E-state index contributed by atoms with van der Waals surface area (Å²) < 4.78 is 0. The van der Waals surface area contributed by atoms with Crippen LogP contribution in [-0.4, -0.2) is 32.6 Å². The predicted octanol–water partition coefficient (Wildman–Crippen LogP) is 3.99. The number of halogens is 2. The molecule has 0 aromatic heterocycles. The van der Waals surface area contributed by atoms with Gasteiger partial charge in [0.15, 0.2) is 0 Å². The lowest BCUT2D eigenvalue weighted by molar-refractivity contribution is 0.0949. The van der Waals surface area contributed by atoms with Gasteiger partial charge in [-0.3, -0.25) is 4.79 Å². The van der Waals surface area contributed by atoms with E-state index in [1.807, 2.05) is 24.3 Å². The van der Waals surface area contributed by atoms with E-state index in [2.05, 4.69) is 53.8 Å². The number of carbonyl (C=O) groups excluding carboxylic acids is 1. The number of nitrogens with zero attached hydrogens (tertiary/aromatic N) is 1. The molecular weight excluding hydrogens is 381 g/mol. The van der Waals surface area contributed by atoms with Gasteiger partial charge < -0.3 is 15.5 Å². The molecule has 1 unspecified atom stereocenters. The number of amides is 1. The number of rotatable bonds is 6. The smallest absolute Gasteiger partial charge is 0.251 e. The Morgan fingerprint density at radius 3 is 2.56 bits per heavy atom. The van der Waals surface area contributed by atoms with E-state index < -0.39 is 0 Å². The summed E-state index contributed by atoms with van der Waals surface area (Å²) in [6.45, 7) is 4.73. The Morgan fingerprint density at radius 2 is 1.85 bits per heavy atom. The molecule has 2 aromatic carbocycles. The predicted molar refractivity (Wildman–Crippen MR) is 118 cm³/mol. The van der Waals surface area contributed by atoms with Gasteiger partial charge in [0, 0.05) is 37.4 Å². The second-order valence-electron chi connectivity index (χ2n) is 6.63. The summed E-state index contributed by atoms with van der Waals surface area (Å²) in [6, 6.07) is 16.5. The first-order valence-electron chi connectivity index (χ1n) is 9.09. The molecule has 6 heteroatoms. The fourth-order valence-electron chi connectivity index (χ4n) is 3.40. The third-order valence-electron chi connectivity index (χ3n) is 4.81. The number of anilines is 1. The molecule has 2 N–H and O–H groups in total. The van der Waals surface area contributed by atoms with Crippen LogP contribution < -0.4 is 15.5 Å². The van der Waals surface area contributed by atoms with E-state index in [4.69, 9.17) is 0 Å². The molecule has 0 spiro atoms. The molecule has 1 amide bonds. The number of hydrogen-bond acceptors (Lipinski definition) is 3. The lowest BCUT2D eigenvalue weighted by Crippen LogP contribution is -2.38. The maximum atomic E-state index is 12.5. The van der Waals surface area contributed by atoms with Gasteiger partial charge in [0.25, 0.3) is 5.91 Å². The molecule has 1 heterocycles. The Labute approximate surface area is 174 Å². The maximum absolute atomic E-state index is 12.5. The van der Waals surface area contributed by atoms with E-state index in [1.54, 1.807) is 0 Å². The number of benzene rings is 2. The third-order valence-corrected chi connectivity index (χ3v) is 4.81. The van der Waals surface area contributed by atoms with Crippen LogP contribution in [0.5, 0.6) is 0 Å². The van der Waals surface area contributed by atoms with Crippen LogP contribution in [0.15, 0.2) is 48.5 Å². The van der Waals surface area contributed by atoms with Crippen LogP contribution in [0.1, 0.15) is 40.9 Å². The fourth-order valence-corrected chi connectivity index (χ4v) is 3.40. The van der Waals surface area contributed by atoms with E-state index >= 15 is 0 Å². The molecule has 1 aliphatic heterocycles. The minimum absolute atomic E-state index is 0. The van der Waals surface area contributed by atoms with E-state index in [9.17, 15) is 4.79 Å². The highest BCUT2D eigenvalue weighted by Gasteiger charge is 2.19. The van der Waals surface area contributed by atoms with Gasteiger partial charge in [-0.05, 0) is 54.8 Å². The SMILES string of the molecule is CCCN(C)c1ccc(C(=O)NCC2NCCc3ccccc32)cc1.Cl.Cl. The first kappa shape index (κ1) is 23.3. The lowest BCUT2D eigenvalue weighted by atomic mass is 9.94. The molecule has 0 aliphatic carbocycles. The Balaban J connectivity index is 0.00000182. The molecule has 2 aromatic rings. The highest BCUT2D eigenvalue weighted by atomic mass is 35.5. The minimum Gasteiger partial charge on any atom is -0.375 e. The summed E-state index contributed by atoms with van der Waals surface area (Å²) in [6.07, 6.45) is 2.15. The van der Waals surface area contributed by atoms with Gasteiger partial charge >= 0.3 is 0 Å². The van der Waals surface area contributed by atoms with Crippen LogP contribution in [0.4, 0.5) is 5.69 Å².